The van der Waals surface area contributed by atoms with E-state index >= 15 is 0 Å². The van der Waals surface area contributed by atoms with Gasteiger partial charge in [0.1, 0.15) is 5.76 Å². The third kappa shape index (κ3) is 3.42. The minimum Gasteiger partial charge on any atom is -0.465 e. The van der Waals surface area contributed by atoms with Crippen molar-refractivity contribution in [2.75, 3.05) is 0 Å². The van der Waals surface area contributed by atoms with Gasteiger partial charge in [0.05, 0.1) is 6.26 Å². The zero-order valence-electron chi connectivity index (χ0n) is 11.5. The van der Waals surface area contributed by atoms with Crippen molar-refractivity contribution in [1.29, 1.82) is 0 Å². The summed E-state index contributed by atoms with van der Waals surface area (Å²) in [6.45, 7) is 0. The van der Waals surface area contributed by atoms with Crippen LogP contribution in [-0.4, -0.2) is 5.78 Å². The summed E-state index contributed by atoms with van der Waals surface area (Å²) in [5, 5.41) is 0. The van der Waals surface area contributed by atoms with Crippen LogP contribution in [0.2, 0.25) is 0 Å². The van der Waals surface area contributed by atoms with Crippen molar-refractivity contribution in [3.05, 3.63) is 69.6 Å². The van der Waals surface area contributed by atoms with Crippen LogP contribution >= 0.6 is 15.9 Å². The van der Waals surface area contributed by atoms with Crippen molar-refractivity contribution in [3.8, 4) is 0 Å². The monoisotopic (exact) mass is 342 g/mol. The van der Waals surface area contributed by atoms with Gasteiger partial charge in [-0.2, -0.15) is 0 Å². The molecule has 2 aromatic rings. The van der Waals surface area contributed by atoms with Crippen LogP contribution in [0.25, 0.3) is 12.2 Å². The van der Waals surface area contributed by atoms with Gasteiger partial charge < -0.3 is 4.42 Å². The number of allylic oxidation sites excluding steroid dienone is 2. The lowest BCUT2D eigenvalue weighted by Crippen LogP contribution is -2.12. The van der Waals surface area contributed by atoms with E-state index in [1.54, 1.807) is 6.26 Å². The summed E-state index contributed by atoms with van der Waals surface area (Å²) < 4.78 is 6.34. The highest BCUT2D eigenvalue weighted by Gasteiger charge is 2.20. The van der Waals surface area contributed by atoms with E-state index in [-0.39, 0.29) is 5.78 Å². The van der Waals surface area contributed by atoms with Crippen molar-refractivity contribution in [3.63, 3.8) is 0 Å². The van der Waals surface area contributed by atoms with Gasteiger partial charge in [-0.05, 0) is 61.2 Å². The summed E-state index contributed by atoms with van der Waals surface area (Å²) in [6.07, 6.45) is 8.13. The zero-order valence-corrected chi connectivity index (χ0v) is 13.1. The summed E-state index contributed by atoms with van der Waals surface area (Å²) in [6, 6.07) is 11.7. The van der Waals surface area contributed by atoms with Crippen molar-refractivity contribution in [2.24, 2.45) is 0 Å². The highest BCUT2D eigenvalue weighted by Crippen LogP contribution is 2.28. The van der Waals surface area contributed by atoms with Gasteiger partial charge in [0, 0.05) is 15.6 Å². The molecule has 1 fully saturated rings. The highest BCUT2D eigenvalue weighted by atomic mass is 79.9. The number of ketones is 1. The molecule has 0 bridgehead atoms. The molecule has 1 aromatic carbocycles. The Morgan fingerprint density at radius 3 is 2.38 bits per heavy atom. The van der Waals surface area contributed by atoms with Crippen LogP contribution in [0.3, 0.4) is 0 Å². The standard InChI is InChI=1S/C18H15BrO2/c19-16-8-6-13(7-9-16)11-14-3-1-4-15(18(14)20)12-17-5-2-10-21-17/h2,5-12H,1,3-4H2. The highest BCUT2D eigenvalue weighted by molar-refractivity contribution is 9.10. The number of hydrogen-bond acceptors (Lipinski definition) is 2. The number of carbonyl (C=O) groups excluding carboxylic acids is 1. The number of furan rings is 1. The molecule has 3 heteroatoms. The van der Waals surface area contributed by atoms with E-state index in [9.17, 15) is 4.79 Å². The molecule has 3 rings (SSSR count). The molecular weight excluding hydrogens is 328 g/mol. The van der Waals surface area contributed by atoms with Crippen LogP contribution in [0.4, 0.5) is 0 Å². The molecule has 2 nitrogen and oxygen atoms in total. The van der Waals surface area contributed by atoms with Gasteiger partial charge in [0.15, 0.2) is 5.78 Å². The summed E-state index contributed by atoms with van der Waals surface area (Å²) in [5.41, 5.74) is 2.77. The van der Waals surface area contributed by atoms with Gasteiger partial charge >= 0.3 is 0 Å². The van der Waals surface area contributed by atoms with Crippen LogP contribution in [0.5, 0.6) is 0 Å². The first-order valence-electron chi connectivity index (χ1n) is 6.97. The van der Waals surface area contributed by atoms with Crippen LogP contribution in [0.15, 0.2) is 62.7 Å². The van der Waals surface area contributed by atoms with Gasteiger partial charge in [-0.25, -0.2) is 0 Å². The molecule has 1 aromatic heterocycles. The van der Waals surface area contributed by atoms with Crippen molar-refractivity contribution in [1.82, 2.24) is 0 Å². The molecule has 0 aliphatic heterocycles. The van der Waals surface area contributed by atoms with Crippen molar-refractivity contribution >= 4 is 33.9 Å². The van der Waals surface area contributed by atoms with Gasteiger partial charge in [0.2, 0.25) is 0 Å². The lowest BCUT2D eigenvalue weighted by Gasteiger charge is -2.16. The Labute approximate surface area is 132 Å². The zero-order chi connectivity index (χ0) is 14.7. The summed E-state index contributed by atoms with van der Waals surface area (Å²) in [7, 11) is 0. The molecule has 0 radical (unpaired) electrons. The molecule has 106 valence electrons. The number of Topliss-reactive ketones (excluding diaryl/α,β-unsaturated/α-hetero) is 1. The van der Waals surface area contributed by atoms with Crippen molar-refractivity contribution in [2.45, 2.75) is 19.3 Å². The smallest absolute Gasteiger partial charge is 0.185 e. The van der Waals surface area contributed by atoms with Crippen molar-refractivity contribution < 1.29 is 9.21 Å². The summed E-state index contributed by atoms with van der Waals surface area (Å²) >= 11 is 3.42. The molecule has 0 spiro atoms. The van der Waals surface area contributed by atoms with Crippen LogP contribution in [-0.2, 0) is 4.79 Å². The molecule has 0 saturated heterocycles. The average molecular weight is 343 g/mol. The number of benzene rings is 1. The predicted octanol–water partition coefficient (Wildman–Crippen LogP) is 5.26. The topological polar surface area (TPSA) is 30.2 Å². The maximum absolute atomic E-state index is 12.5. The summed E-state index contributed by atoms with van der Waals surface area (Å²) in [4.78, 5) is 12.5. The predicted molar refractivity (Wildman–Crippen MR) is 87.7 cm³/mol. The fourth-order valence-electron chi connectivity index (χ4n) is 2.48. The van der Waals surface area contributed by atoms with E-state index < -0.39 is 0 Å². The Bertz CT molecular complexity index is 691. The Balaban J connectivity index is 1.86. The first kappa shape index (κ1) is 14.1. The molecular formula is C18H15BrO2. The maximum Gasteiger partial charge on any atom is 0.185 e. The van der Waals surface area contributed by atoms with Gasteiger partial charge in [-0.3, -0.25) is 4.79 Å². The molecule has 1 heterocycles. The van der Waals surface area contributed by atoms with Crippen LogP contribution < -0.4 is 0 Å². The second kappa shape index (κ2) is 6.27. The molecule has 1 aliphatic rings. The fourth-order valence-corrected chi connectivity index (χ4v) is 2.75. The minimum atomic E-state index is 0.139. The van der Waals surface area contributed by atoms with Crippen LogP contribution in [0, 0.1) is 0 Å². The SMILES string of the molecule is O=C1C(=Cc2ccc(Br)cc2)CCCC1=Cc1ccco1. The molecule has 1 saturated carbocycles. The minimum absolute atomic E-state index is 0.139. The molecule has 0 amide bonds. The summed E-state index contributed by atoms with van der Waals surface area (Å²) in [5.74, 6) is 0.879. The Morgan fingerprint density at radius 2 is 1.71 bits per heavy atom. The first-order valence-corrected chi connectivity index (χ1v) is 7.76. The average Bonchev–Trinajstić information content (AvgIpc) is 2.99. The van der Waals surface area contributed by atoms with E-state index in [4.69, 9.17) is 4.42 Å². The van der Waals surface area contributed by atoms with Gasteiger partial charge in [0.25, 0.3) is 0 Å². The van der Waals surface area contributed by atoms with Crippen LogP contribution in [0.1, 0.15) is 30.6 Å². The van der Waals surface area contributed by atoms with E-state index in [0.29, 0.717) is 0 Å². The van der Waals surface area contributed by atoms with Gasteiger partial charge in [-0.1, -0.05) is 28.1 Å². The first-order chi connectivity index (χ1) is 10.2. The van der Waals surface area contributed by atoms with E-state index in [1.165, 1.54) is 0 Å². The fraction of sp³-hybridized carbons (Fsp3) is 0.167. The second-order valence-corrected chi connectivity index (χ2v) is 6.00. The second-order valence-electron chi connectivity index (χ2n) is 5.09. The number of rotatable bonds is 2. The lowest BCUT2D eigenvalue weighted by molar-refractivity contribution is -0.112. The third-order valence-corrected chi connectivity index (χ3v) is 4.07. The normalized spacial score (nSPS) is 19.4. The van der Waals surface area contributed by atoms with E-state index in [2.05, 4.69) is 15.9 Å². The Kier molecular flexibility index (Phi) is 4.20. The molecule has 21 heavy (non-hydrogen) atoms. The maximum atomic E-state index is 12.5. The Morgan fingerprint density at radius 1 is 1.00 bits per heavy atom. The van der Waals surface area contributed by atoms with E-state index in [1.807, 2.05) is 48.6 Å². The molecule has 0 unspecified atom stereocenters. The van der Waals surface area contributed by atoms with E-state index in [0.717, 1.165) is 46.2 Å². The Hall–Kier alpha value is -1.87. The molecule has 0 atom stereocenters. The molecule has 0 N–H and O–H groups in total. The number of hydrogen-bond donors (Lipinski definition) is 0. The number of carbonyl (C=O) groups is 1. The largest absolute Gasteiger partial charge is 0.465 e. The lowest BCUT2D eigenvalue weighted by atomic mass is 9.87. The third-order valence-electron chi connectivity index (χ3n) is 3.55. The van der Waals surface area contributed by atoms with Gasteiger partial charge in [-0.15, -0.1) is 0 Å². The quantitative estimate of drug-likeness (QED) is 0.696. The molecule has 1 aliphatic carbocycles. The number of halogens is 1.